The van der Waals surface area contributed by atoms with Crippen LogP contribution >= 0.6 is 0 Å². The van der Waals surface area contributed by atoms with Gasteiger partial charge in [-0.05, 0) is 13.8 Å². The summed E-state index contributed by atoms with van der Waals surface area (Å²) in [5.41, 5.74) is 0. The van der Waals surface area contributed by atoms with E-state index in [4.69, 9.17) is 18.9 Å². The lowest BCUT2D eigenvalue weighted by Gasteiger charge is -2.07. The summed E-state index contributed by atoms with van der Waals surface area (Å²) in [4.78, 5) is 0. The van der Waals surface area contributed by atoms with Gasteiger partial charge >= 0.3 is 0 Å². The average molecular weight is 218 g/mol. The molecule has 0 radical (unpaired) electrons. The monoisotopic (exact) mass is 218 g/mol. The Morgan fingerprint density at radius 3 is 1.80 bits per heavy atom. The third-order valence-electron chi connectivity index (χ3n) is 1.52. The van der Waals surface area contributed by atoms with Crippen molar-refractivity contribution in [3.8, 4) is 0 Å². The summed E-state index contributed by atoms with van der Waals surface area (Å²) in [6.45, 7) is 11.7. The minimum absolute atomic E-state index is 0.550. The van der Waals surface area contributed by atoms with Gasteiger partial charge in [0.25, 0.3) is 0 Å². The second-order valence-electron chi connectivity index (χ2n) is 2.97. The van der Waals surface area contributed by atoms with Crippen molar-refractivity contribution in [2.45, 2.75) is 13.8 Å². The van der Waals surface area contributed by atoms with Gasteiger partial charge in [-0.2, -0.15) is 0 Å². The lowest BCUT2D eigenvalue weighted by Crippen LogP contribution is -2.11. The fourth-order valence-corrected chi connectivity index (χ4v) is 0.859. The molecule has 0 aliphatic rings. The third kappa shape index (κ3) is 13.4. The first-order valence-electron chi connectivity index (χ1n) is 5.29. The average Bonchev–Trinajstić information content (AvgIpc) is 2.20. The lowest BCUT2D eigenvalue weighted by atomic mass is 10.6. The Hall–Kier alpha value is -0.580. The van der Waals surface area contributed by atoms with Gasteiger partial charge in [-0.25, -0.2) is 0 Å². The topological polar surface area (TPSA) is 36.9 Å². The van der Waals surface area contributed by atoms with Crippen LogP contribution in [0.4, 0.5) is 0 Å². The van der Waals surface area contributed by atoms with Gasteiger partial charge < -0.3 is 18.9 Å². The van der Waals surface area contributed by atoms with Crippen molar-refractivity contribution in [3.05, 3.63) is 12.3 Å². The number of allylic oxidation sites excluding steroid dienone is 1. The van der Waals surface area contributed by atoms with Crippen LogP contribution in [0.2, 0.25) is 0 Å². The number of hydrogen-bond acceptors (Lipinski definition) is 4. The predicted molar refractivity (Wildman–Crippen MR) is 58.9 cm³/mol. The second kappa shape index (κ2) is 11.5. The summed E-state index contributed by atoms with van der Waals surface area (Å²) in [5, 5.41) is 0. The smallest absolute Gasteiger partial charge is 0.111 e. The summed E-state index contributed by atoms with van der Waals surface area (Å²) in [6.07, 6.45) is 0. The van der Waals surface area contributed by atoms with E-state index in [2.05, 4.69) is 6.58 Å². The van der Waals surface area contributed by atoms with Crippen molar-refractivity contribution in [2.75, 3.05) is 46.2 Å². The van der Waals surface area contributed by atoms with Crippen molar-refractivity contribution in [1.29, 1.82) is 0 Å². The van der Waals surface area contributed by atoms with Crippen molar-refractivity contribution in [2.24, 2.45) is 0 Å². The van der Waals surface area contributed by atoms with Crippen LogP contribution in [-0.2, 0) is 18.9 Å². The molecular formula is C11H22O4. The summed E-state index contributed by atoms with van der Waals surface area (Å²) in [7, 11) is 0. The van der Waals surface area contributed by atoms with E-state index in [1.165, 1.54) is 0 Å². The Labute approximate surface area is 92.2 Å². The number of hydrogen-bond donors (Lipinski definition) is 0. The first-order valence-corrected chi connectivity index (χ1v) is 5.29. The molecule has 0 fully saturated rings. The van der Waals surface area contributed by atoms with Crippen LogP contribution in [0, 0.1) is 0 Å². The molecule has 0 aliphatic carbocycles. The molecule has 0 atom stereocenters. The Balaban J connectivity index is 2.89. The van der Waals surface area contributed by atoms with E-state index in [0.29, 0.717) is 45.4 Å². The van der Waals surface area contributed by atoms with Gasteiger partial charge in [-0.3, -0.25) is 0 Å². The lowest BCUT2D eigenvalue weighted by molar-refractivity contribution is 0.00673. The van der Waals surface area contributed by atoms with Gasteiger partial charge in [0.1, 0.15) is 6.61 Å². The Kier molecular flexibility index (Phi) is 11.1. The van der Waals surface area contributed by atoms with E-state index in [-0.39, 0.29) is 0 Å². The molecule has 0 aromatic heterocycles. The molecule has 4 nitrogen and oxygen atoms in total. The minimum atomic E-state index is 0.550. The highest BCUT2D eigenvalue weighted by Gasteiger charge is 1.91. The van der Waals surface area contributed by atoms with E-state index in [9.17, 15) is 0 Å². The molecular weight excluding hydrogens is 196 g/mol. The quantitative estimate of drug-likeness (QED) is 0.390. The minimum Gasteiger partial charge on any atom is -0.496 e. The molecule has 0 amide bonds. The number of ether oxygens (including phenoxy) is 4. The maximum atomic E-state index is 5.26. The predicted octanol–water partition coefficient (Wildman–Crippen LogP) is 1.61. The van der Waals surface area contributed by atoms with E-state index < -0.39 is 0 Å². The molecule has 4 heteroatoms. The SMILES string of the molecule is C=C(C)OCCOCCOCCOCC. The zero-order valence-corrected chi connectivity index (χ0v) is 9.79. The highest BCUT2D eigenvalue weighted by molar-refractivity contribution is 4.72. The van der Waals surface area contributed by atoms with Crippen LogP contribution < -0.4 is 0 Å². The van der Waals surface area contributed by atoms with Crippen LogP contribution in [0.3, 0.4) is 0 Å². The molecule has 15 heavy (non-hydrogen) atoms. The van der Waals surface area contributed by atoms with Gasteiger partial charge in [0.15, 0.2) is 0 Å². The van der Waals surface area contributed by atoms with E-state index in [1.807, 2.05) is 13.8 Å². The van der Waals surface area contributed by atoms with Crippen molar-refractivity contribution in [3.63, 3.8) is 0 Å². The molecule has 0 unspecified atom stereocenters. The largest absolute Gasteiger partial charge is 0.496 e. The van der Waals surface area contributed by atoms with Crippen molar-refractivity contribution < 1.29 is 18.9 Å². The van der Waals surface area contributed by atoms with Gasteiger partial charge in [0.05, 0.1) is 38.8 Å². The normalized spacial score (nSPS) is 10.3. The summed E-state index contributed by atoms with van der Waals surface area (Å²) in [5.74, 6) is 0.714. The molecule has 90 valence electrons. The Bertz CT molecular complexity index is 148. The molecule has 0 heterocycles. The highest BCUT2D eigenvalue weighted by atomic mass is 16.6. The third-order valence-corrected chi connectivity index (χ3v) is 1.52. The molecule has 0 aliphatic heterocycles. The van der Waals surface area contributed by atoms with Crippen LogP contribution in [0.1, 0.15) is 13.8 Å². The molecule has 0 bridgehead atoms. The maximum Gasteiger partial charge on any atom is 0.111 e. The van der Waals surface area contributed by atoms with Crippen molar-refractivity contribution in [1.82, 2.24) is 0 Å². The van der Waals surface area contributed by atoms with Crippen LogP contribution in [0.25, 0.3) is 0 Å². The first kappa shape index (κ1) is 14.4. The highest BCUT2D eigenvalue weighted by Crippen LogP contribution is 1.89. The number of rotatable bonds is 11. The Morgan fingerprint density at radius 2 is 1.33 bits per heavy atom. The van der Waals surface area contributed by atoms with Gasteiger partial charge in [-0.15, -0.1) is 0 Å². The molecule has 0 saturated carbocycles. The summed E-state index contributed by atoms with van der Waals surface area (Å²) < 4.78 is 20.7. The summed E-state index contributed by atoms with van der Waals surface area (Å²) >= 11 is 0. The molecule has 0 N–H and O–H groups in total. The van der Waals surface area contributed by atoms with Gasteiger partial charge in [0, 0.05) is 6.61 Å². The zero-order valence-electron chi connectivity index (χ0n) is 9.79. The second-order valence-corrected chi connectivity index (χ2v) is 2.97. The fraction of sp³-hybridized carbons (Fsp3) is 0.818. The van der Waals surface area contributed by atoms with Gasteiger partial charge in [0.2, 0.25) is 0 Å². The summed E-state index contributed by atoms with van der Waals surface area (Å²) in [6, 6.07) is 0. The van der Waals surface area contributed by atoms with E-state index >= 15 is 0 Å². The van der Waals surface area contributed by atoms with Crippen LogP contribution in [0.15, 0.2) is 12.3 Å². The van der Waals surface area contributed by atoms with Crippen LogP contribution in [-0.4, -0.2) is 46.2 Å². The zero-order chi connectivity index (χ0) is 11.4. The van der Waals surface area contributed by atoms with Crippen LogP contribution in [0.5, 0.6) is 0 Å². The van der Waals surface area contributed by atoms with Crippen molar-refractivity contribution >= 4 is 0 Å². The molecule has 0 rings (SSSR count). The van der Waals surface area contributed by atoms with E-state index in [1.54, 1.807) is 0 Å². The molecule has 0 saturated heterocycles. The Morgan fingerprint density at radius 1 is 0.867 bits per heavy atom. The molecule has 0 aromatic carbocycles. The standard InChI is InChI=1S/C11H22O4/c1-4-12-5-6-13-7-8-14-9-10-15-11(2)3/h2,4-10H2,1,3H3. The van der Waals surface area contributed by atoms with E-state index in [0.717, 1.165) is 6.61 Å². The first-order chi connectivity index (χ1) is 7.27. The van der Waals surface area contributed by atoms with Gasteiger partial charge in [-0.1, -0.05) is 6.58 Å². The molecule has 0 spiro atoms. The molecule has 0 aromatic rings. The maximum absolute atomic E-state index is 5.26. The fourth-order valence-electron chi connectivity index (χ4n) is 0.859.